The van der Waals surface area contributed by atoms with Gasteiger partial charge in [-0.3, -0.25) is 0 Å². The average Bonchev–Trinajstić information content (AvgIpc) is 2.99. The van der Waals surface area contributed by atoms with Crippen molar-refractivity contribution in [2.45, 2.75) is 6.18 Å². The van der Waals surface area contributed by atoms with Crippen LogP contribution in [-0.2, 0) is 6.18 Å². The van der Waals surface area contributed by atoms with Crippen LogP contribution in [0.15, 0.2) is 54.9 Å². The van der Waals surface area contributed by atoms with E-state index < -0.39 is 11.9 Å². The van der Waals surface area contributed by atoms with Gasteiger partial charge in [-0.1, -0.05) is 12.1 Å². The number of nitrogens with one attached hydrogen (secondary N) is 1. The molecule has 7 heteroatoms. The maximum Gasteiger partial charge on any atom is 0.431 e. The van der Waals surface area contributed by atoms with Gasteiger partial charge in [0, 0.05) is 10.9 Å². The summed E-state index contributed by atoms with van der Waals surface area (Å²) in [5, 5.41) is 1.14. The fraction of sp³-hybridized carbons (Fsp3) is 0.0588. The summed E-state index contributed by atoms with van der Waals surface area (Å²) in [5.74, 6) is 0.755. The topological polar surface area (TPSA) is 50.8 Å². The van der Waals surface area contributed by atoms with E-state index in [2.05, 4.69) is 15.0 Å². The van der Waals surface area contributed by atoms with E-state index >= 15 is 0 Å². The Hall–Kier alpha value is -3.09. The van der Waals surface area contributed by atoms with Gasteiger partial charge >= 0.3 is 6.18 Å². The Balaban J connectivity index is 1.74. The zero-order chi connectivity index (χ0) is 16.7. The molecule has 0 fully saturated rings. The van der Waals surface area contributed by atoms with Crippen LogP contribution in [0.25, 0.3) is 21.8 Å². The lowest BCUT2D eigenvalue weighted by molar-refractivity contribution is -0.140. The molecule has 0 saturated heterocycles. The van der Waals surface area contributed by atoms with Crippen LogP contribution in [-0.4, -0.2) is 15.0 Å². The number of aromatic amines is 1. The predicted octanol–water partition coefficient (Wildman–Crippen LogP) is 4.92. The van der Waals surface area contributed by atoms with Gasteiger partial charge in [0.05, 0.1) is 10.9 Å². The first-order valence-corrected chi connectivity index (χ1v) is 7.08. The number of alkyl halides is 3. The predicted molar refractivity (Wildman–Crippen MR) is 82.9 cm³/mol. The highest BCUT2D eigenvalue weighted by Crippen LogP contribution is 2.33. The normalized spacial score (nSPS) is 12.0. The molecule has 1 N–H and O–H groups in total. The molecule has 4 aromatic rings. The van der Waals surface area contributed by atoms with Gasteiger partial charge in [-0.2, -0.15) is 13.2 Å². The number of nitrogens with zero attached hydrogens (tertiary/aromatic N) is 2. The monoisotopic (exact) mass is 329 g/mol. The van der Waals surface area contributed by atoms with Gasteiger partial charge in [0.1, 0.15) is 17.8 Å². The molecule has 0 aliphatic carbocycles. The van der Waals surface area contributed by atoms with Gasteiger partial charge in [-0.05, 0) is 36.4 Å². The molecule has 120 valence electrons. The molecule has 0 aliphatic rings. The summed E-state index contributed by atoms with van der Waals surface area (Å²) in [6.07, 6.45) is -3.03. The lowest BCUT2D eigenvalue weighted by Crippen LogP contribution is -2.04. The first-order chi connectivity index (χ1) is 11.5. The third-order valence-corrected chi connectivity index (χ3v) is 3.62. The Kier molecular flexibility index (Phi) is 3.16. The second-order valence-electron chi connectivity index (χ2n) is 5.23. The van der Waals surface area contributed by atoms with Crippen LogP contribution in [0.5, 0.6) is 11.6 Å². The van der Waals surface area contributed by atoms with Gasteiger partial charge in [0.2, 0.25) is 5.88 Å². The second-order valence-corrected chi connectivity index (χ2v) is 5.23. The SMILES string of the molecule is FC(F)(F)c1cc2cc(Oc3ncnc4ccccc34)ccc2[nH]1. The van der Waals surface area contributed by atoms with Crippen LogP contribution in [0.1, 0.15) is 5.69 Å². The molecule has 0 spiro atoms. The van der Waals surface area contributed by atoms with Crippen molar-refractivity contribution in [3.8, 4) is 11.6 Å². The van der Waals surface area contributed by atoms with E-state index in [4.69, 9.17) is 4.74 Å². The maximum absolute atomic E-state index is 12.8. The summed E-state index contributed by atoms with van der Waals surface area (Å²) >= 11 is 0. The summed E-state index contributed by atoms with van der Waals surface area (Å²) in [7, 11) is 0. The molecule has 0 saturated carbocycles. The minimum Gasteiger partial charge on any atom is -0.438 e. The molecule has 2 aromatic heterocycles. The van der Waals surface area contributed by atoms with E-state index in [9.17, 15) is 13.2 Å². The summed E-state index contributed by atoms with van der Waals surface area (Å²) in [6, 6.07) is 13.1. The highest BCUT2D eigenvalue weighted by molar-refractivity contribution is 5.84. The van der Waals surface area contributed by atoms with Crippen molar-refractivity contribution in [2.24, 2.45) is 0 Å². The number of fused-ring (bicyclic) bond motifs is 2. The zero-order valence-electron chi connectivity index (χ0n) is 12.1. The van der Waals surface area contributed by atoms with E-state index in [-0.39, 0.29) is 0 Å². The largest absolute Gasteiger partial charge is 0.438 e. The number of H-pyrrole nitrogens is 1. The van der Waals surface area contributed by atoms with Crippen molar-refractivity contribution in [3.63, 3.8) is 0 Å². The molecule has 0 radical (unpaired) electrons. The van der Waals surface area contributed by atoms with Crippen molar-refractivity contribution < 1.29 is 17.9 Å². The molecule has 0 atom stereocenters. The molecule has 4 rings (SSSR count). The lowest BCUT2D eigenvalue weighted by atomic mass is 10.2. The lowest BCUT2D eigenvalue weighted by Gasteiger charge is -2.07. The summed E-state index contributed by atoms with van der Waals surface area (Å²) in [4.78, 5) is 10.6. The molecule has 0 amide bonds. The summed E-state index contributed by atoms with van der Waals surface area (Å²) < 4.78 is 44.1. The average molecular weight is 329 g/mol. The fourth-order valence-electron chi connectivity index (χ4n) is 2.50. The number of halogens is 3. The minimum absolute atomic E-state index is 0.353. The quantitative estimate of drug-likeness (QED) is 0.568. The van der Waals surface area contributed by atoms with Crippen LogP contribution < -0.4 is 4.74 Å². The first-order valence-electron chi connectivity index (χ1n) is 7.08. The zero-order valence-corrected chi connectivity index (χ0v) is 12.1. The van der Waals surface area contributed by atoms with Crippen molar-refractivity contribution >= 4 is 21.8 Å². The molecule has 2 aromatic carbocycles. The minimum atomic E-state index is -4.41. The van der Waals surface area contributed by atoms with Crippen LogP contribution in [0, 0.1) is 0 Å². The number of benzene rings is 2. The Morgan fingerprint density at radius 2 is 1.79 bits per heavy atom. The van der Waals surface area contributed by atoms with E-state index in [0.717, 1.165) is 17.0 Å². The van der Waals surface area contributed by atoms with Crippen molar-refractivity contribution in [2.75, 3.05) is 0 Å². The van der Waals surface area contributed by atoms with Crippen molar-refractivity contribution in [1.82, 2.24) is 15.0 Å². The highest BCUT2D eigenvalue weighted by Gasteiger charge is 2.32. The van der Waals surface area contributed by atoms with Gasteiger partial charge in [-0.25, -0.2) is 9.97 Å². The second kappa shape index (κ2) is 5.23. The molecule has 4 nitrogen and oxygen atoms in total. The van der Waals surface area contributed by atoms with Crippen LogP contribution >= 0.6 is 0 Å². The van der Waals surface area contributed by atoms with Gasteiger partial charge in [0.25, 0.3) is 0 Å². The molecule has 0 unspecified atom stereocenters. The molecule has 24 heavy (non-hydrogen) atoms. The number of hydrogen-bond donors (Lipinski definition) is 1. The number of aromatic nitrogens is 3. The standard InChI is InChI=1S/C17H10F3N3O/c18-17(19,20)15-8-10-7-11(5-6-13(10)23-15)24-16-12-3-1-2-4-14(12)21-9-22-16/h1-9,23H. The smallest absolute Gasteiger partial charge is 0.431 e. The molecular weight excluding hydrogens is 319 g/mol. The number of rotatable bonds is 2. The van der Waals surface area contributed by atoms with Gasteiger partial charge in [0.15, 0.2) is 0 Å². The molecule has 2 heterocycles. The van der Waals surface area contributed by atoms with E-state index in [1.165, 1.54) is 12.4 Å². The first kappa shape index (κ1) is 14.5. The Labute approximate surface area is 133 Å². The maximum atomic E-state index is 12.8. The van der Waals surface area contributed by atoms with Gasteiger partial charge in [-0.15, -0.1) is 0 Å². The molecule has 0 bridgehead atoms. The number of hydrogen-bond acceptors (Lipinski definition) is 3. The third kappa shape index (κ3) is 2.54. The Morgan fingerprint density at radius 3 is 2.62 bits per heavy atom. The highest BCUT2D eigenvalue weighted by atomic mass is 19.4. The van der Waals surface area contributed by atoms with Crippen LogP contribution in [0.4, 0.5) is 13.2 Å². The van der Waals surface area contributed by atoms with Gasteiger partial charge < -0.3 is 9.72 Å². The Bertz CT molecular complexity index is 1030. The van der Waals surface area contributed by atoms with Crippen LogP contribution in [0.2, 0.25) is 0 Å². The van der Waals surface area contributed by atoms with Crippen LogP contribution in [0.3, 0.4) is 0 Å². The molecular formula is C17H10F3N3O. The van der Waals surface area contributed by atoms with Crippen molar-refractivity contribution in [3.05, 3.63) is 60.6 Å². The van der Waals surface area contributed by atoms with E-state index in [1.807, 2.05) is 24.3 Å². The fourth-order valence-corrected chi connectivity index (χ4v) is 2.50. The number of para-hydroxylation sites is 1. The number of ether oxygens (including phenoxy) is 1. The van der Waals surface area contributed by atoms with E-state index in [1.54, 1.807) is 12.1 Å². The summed E-state index contributed by atoms with van der Waals surface area (Å²) in [5.41, 5.74) is 0.328. The van der Waals surface area contributed by atoms with Crippen molar-refractivity contribution in [1.29, 1.82) is 0 Å². The summed E-state index contributed by atoms with van der Waals surface area (Å²) in [6.45, 7) is 0. The Morgan fingerprint density at radius 1 is 0.958 bits per heavy atom. The molecule has 0 aliphatic heterocycles. The van der Waals surface area contributed by atoms with E-state index in [0.29, 0.717) is 22.5 Å². The third-order valence-electron chi connectivity index (χ3n) is 3.62.